The lowest BCUT2D eigenvalue weighted by molar-refractivity contribution is -0.274. The molecule has 2 amide bonds. The van der Waals surface area contributed by atoms with Crippen molar-refractivity contribution in [1.82, 2.24) is 15.2 Å². The Morgan fingerprint density at radius 3 is 2.55 bits per heavy atom. The number of nitrogens with one attached hydrogen (secondary N) is 1. The van der Waals surface area contributed by atoms with Gasteiger partial charge in [-0.25, -0.2) is 4.98 Å². The third-order valence-corrected chi connectivity index (χ3v) is 5.36. The predicted molar refractivity (Wildman–Crippen MR) is 114 cm³/mol. The van der Waals surface area contributed by atoms with Crippen LogP contribution in [-0.2, 0) is 11.2 Å². The molecule has 8 nitrogen and oxygen atoms in total. The molecule has 3 rings (SSSR count). The second-order valence-electron chi connectivity index (χ2n) is 8.42. The summed E-state index contributed by atoms with van der Waals surface area (Å²) >= 11 is 0. The third kappa shape index (κ3) is 6.05. The minimum atomic E-state index is -4.77. The molecule has 2 heterocycles. The number of alkyl halides is 3. The van der Waals surface area contributed by atoms with Gasteiger partial charge in [0.05, 0.1) is 18.5 Å². The van der Waals surface area contributed by atoms with Crippen LogP contribution in [0, 0.1) is 5.41 Å². The SMILES string of the molecule is CNC(=O)c1cnc(N)c(OC2CN(C(=O)Cc3ccc(OC(F)(F)F)cc3)CC2(C)C)c1. The molecule has 33 heavy (non-hydrogen) atoms. The monoisotopic (exact) mass is 466 g/mol. The van der Waals surface area contributed by atoms with E-state index in [0.717, 1.165) is 0 Å². The van der Waals surface area contributed by atoms with Crippen LogP contribution in [0.4, 0.5) is 19.0 Å². The van der Waals surface area contributed by atoms with Crippen molar-refractivity contribution in [3.8, 4) is 11.5 Å². The summed E-state index contributed by atoms with van der Waals surface area (Å²) in [6.45, 7) is 4.58. The number of hydrogen-bond acceptors (Lipinski definition) is 6. The summed E-state index contributed by atoms with van der Waals surface area (Å²) < 4.78 is 46.8. The van der Waals surface area contributed by atoms with Crippen LogP contribution in [0.15, 0.2) is 36.5 Å². The smallest absolute Gasteiger partial charge is 0.484 e. The molecule has 0 bridgehead atoms. The van der Waals surface area contributed by atoms with E-state index in [4.69, 9.17) is 10.5 Å². The van der Waals surface area contributed by atoms with Gasteiger partial charge in [-0.15, -0.1) is 13.2 Å². The van der Waals surface area contributed by atoms with Crippen molar-refractivity contribution in [2.75, 3.05) is 25.9 Å². The maximum Gasteiger partial charge on any atom is 0.573 e. The van der Waals surface area contributed by atoms with Crippen LogP contribution in [0.25, 0.3) is 0 Å². The van der Waals surface area contributed by atoms with E-state index >= 15 is 0 Å². The molecule has 0 radical (unpaired) electrons. The van der Waals surface area contributed by atoms with Crippen molar-refractivity contribution in [3.05, 3.63) is 47.7 Å². The molecule has 1 saturated heterocycles. The van der Waals surface area contributed by atoms with Crippen molar-refractivity contribution < 1.29 is 32.2 Å². The normalized spacial score (nSPS) is 17.5. The van der Waals surface area contributed by atoms with Gasteiger partial charge in [0, 0.05) is 25.2 Å². The zero-order valence-electron chi connectivity index (χ0n) is 18.4. The molecule has 1 aromatic heterocycles. The summed E-state index contributed by atoms with van der Waals surface area (Å²) in [5.74, 6) is -0.488. The summed E-state index contributed by atoms with van der Waals surface area (Å²) in [4.78, 5) is 30.4. The standard InChI is InChI=1S/C22H25F3N4O4/c1-21(2)12-29(18(30)8-13-4-6-15(7-5-13)33-22(23,24)25)11-17(21)32-16-9-14(20(31)27-3)10-28-19(16)26/h4-7,9-10,17H,8,11-12H2,1-3H3,(H2,26,28)(H,27,31). The van der Waals surface area contributed by atoms with Crippen molar-refractivity contribution in [3.63, 3.8) is 0 Å². The number of aromatic nitrogens is 1. The predicted octanol–water partition coefficient (Wildman–Crippen LogP) is 2.78. The number of benzene rings is 1. The zero-order valence-corrected chi connectivity index (χ0v) is 18.4. The molecule has 1 atom stereocenters. The summed E-state index contributed by atoms with van der Waals surface area (Å²) in [6, 6.07) is 6.69. The number of anilines is 1. The van der Waals surface area contributed by atoms with Crippen LogP contribution in [-0.4, -0.2) is 54.3 Å². The van der Waals surface area contributed by atoms with Gasteiger partial charge in [-0.3, -0.25) is 9.59 Å². The molecule has 3 N–H and O–H groups in total. The first kappa shape index (κ1) is 24.1. The number of ether oxygens (including phenoxy) is 2. The molecule has 0 saturated carbocycles. The quantitative estimate of drug-likeness (QED) is 0.678. The second-order valence-corrected chi connectivity index (χ2v) is 8.42. The van der Waals surface area contributed by atoms with Gasteiger partial charge in [-0.1, -0.05) is 26.0 Å². The number of nitrogens with two attached hydrogens (primary N) is 1. The highest BCUT2D eigenvalue weighted by molar-refractivity contribution is 5.94. The number of hydrogen-bond donors (Lipinski definition) is 2. The number of halogens is 3. The Morgan fingerprint density at radius 1 is 1.27 bits per heavy atom. The van der Waals surface area contributed by atoms with Gasteiger partial charge in [0.15, 0.2) is 11.6 Å². The van der Waals surface area contributed by atoms with E-state index in [-0.39, 0.29) is 42.1 Å². The fourth-order valence-corrected chi connectivity index (χ4v) is 3.56. The highest BCUT2D eigenvalue weighted by Gasteiger charge is 2.43. The molecule has 178 valence electrons. The van der Waals surface area contributed by atoms with Crippen LogP contribution in [0.3, 0.4) is 0 Å². The van der Waals surface area contributed by atoms with Gasteiger partial charge < -0.3 is 25.4 Å². The Hall–Kier alpha value is -3.50. The first-order chi connectivity index (χ1) is 15.4. The Bertz CT molecular complexity index is 1030. The van der Waals surface area contributed by atoms with Gasteiger partial charge in [0.1, 0.15) is 11.9 Å². The highest BCUT2D eigenvalue weighted by atomic mass is 19.4. The minimum absolute atomic E-state index is 0.0188. The Labute approximate surface area is 188 Å². The molecule has 1 unspecified atom stereocenters. The average Bonchev–Trinajstić information content (AvgIpc) is 3.03. The van der Waals surface area contributed by atoms with E-state index in [0.29, 0.717) is 17.7 Å². The molecule has 11 heteroatoms. The summed E-state index contributed by atoms with van der Waals surface area (Å²) in [5.41, 5.74) is 6.35. The summed E-state index contributed by atoms with van der Waals surface area (Å²) in [7, 11) is 1.50. The molecule has 1 aromatic carbocycles. The molecule has 0 spiro atoms. The lowest BCUT2D eigenvalue weighted by Gasteiger charge is -2.26. The third-order valence-electron chi connectivity index (χ3n) is 5.36. The number of carbonyl (C=O) groups is 2. The van der Waals surface area contributed by atoms with Gasteiger partial charge in [0.2, 0.25) is 5.91 Å². The number of rotatable bonds is 6. The van der Waals surface area contributed by atoms with Gasteiger partial charge in [-0.05, 0) is 23.8 Å². The maximum atomic E-state index is 12.8. The number of nitrogen functional groups attached to an aromatic ring is 1. The largest absolute Gasteiger partial charge is 0.573 e. The van der Waals surface area contributed by atoms with E-state index in [2.05, 4.69) is 15.0 Å². The topological polar surface area (TPSA) is 107 Å². The Balaban J connectivity index is 1.66. The van der Waals surface area contributed by atoms with Crippen LogP contribution < -0.4 is 20.5 Å². The lowest BCUT2D eigenvalue weighted by Crippen LogP contribution is -2.33. The molecular formula is C22H25F3N4O4. The van der Waals surface area contributed by atoms with Crippen molar-refractivity contribution in [1.29, 1.82) is 0 Å². The van der Waals surface area contributed by atoms with E-state index in [1.54, 1.807) is 4.90 Å². The molecule has 1 aliphatic heterocycles. The average molecular weight is 466 g/mol. The number of pyridine rings is 1. The fraction of sp³-hybridized carbons (Fsp3) is 0.409. The number of carbonyl (C=O) groups excluding carboxylic acids is 2. The minimum Gasteiger partial charge on any atom is -0.484 e. The van der Waals surface area contributed by atoms with E-state index in [9.17, 15) is 22.8 Å². The van der Waals surface area contributed by atoms with E-state index in [1.165, 1.54) is 43.6 Å². The van der Waals surface area contributed by atoms with Gasteiger partial charge in [-0.2, -0.15) is 0 Å². The molecule has 1 fully saturated rings. The number of likely N-dealkylation sites (tertiary alicyclic amines) is 1. The Morgan fingerprint density at radius 2 is 1.94 bits per heavy atom. The highest BCUT2D eigenvalue weighted by Crippen LogP contribution is 2.35. The fourth-order valence-electron chi connectivity index (χ4n) is 3.56. The Kier molecular flexibility index (Phi) is 6.71. The van der Waals surface area contributed by atoms with E-state index < -0.39 is 17.9 Å². The van der Waals surface area contributed by atoms with Crippen LogP contribution >= 0.6 is 0 Å². The first-order valence-electron chi connectivity index (χ1n) is 10.1. The van der Waals surface area contributed by atoms with Gasteiger partial charge in [0.25, 0.3) is 5.91 Å². The van der Waals surface area contributed by atoms with Crippen molar-refractivity contribution >= 4 is 17.6 Å². The summed E-state index contributed by atoms with van der Waals surface area (Å²) in [6.07, 6.45) is -3.81. The second kappa shape index (κ2) is 9.16. The van der Waals surface area contributed by atoms with E-state index in [1.807, 2.05) is 13.8 Å². The molecule has 2 aromatic rings. The van der Waals surface area contributed by atoms with Crippen molar-refractivity contribution in [2.45, 2.75) is 32.7 Å². The molecule has 0 aliphatic carbocycles. The number of nitrogens with zero attached hydrogens (tertiary/aromatic N) is 2. The van der Waals surface area contributed by atoms with Crippen molar-refractivity contribution in [2.24, 2.45) is 5.41 Å². The van der Waals surface area contributed by atoms with Crippen LogP contribution in [0.1, 0.15) is 29.8 Å². The maximum absolute atomic E-state index is 12.8. The zero-order chi connectivity index (χ0) is 24.4. The van der Waals surface area contributed by atoms with Crippen LogP contribution in [0.2, 0.25) is 0 Å². The summed E-state index contributed by atoms with van der Waals surface area (Å²) in [5, 5.41) is 2.51. The molecular weight excluding hydrogens is 441 g/mol. The van der Waals surface area contributed by atoms with Gasteiger partial charge >= 0.3 is 6.36 Å². The first-order valence-corrected chi connectivity index (χ1v) is 10.1. The van der Waals surface area contributed by atoms with Crippen LogP contribution in [0.5, 0.6) is 11.5 Å². The molecule has 1 aliphatic rings. The lowest BCUT2D eigenvalue weighted by atomic mass is 9.90. The number of amides is 2.